The summed E-state index contributed by atoms with van der Waals surface area (Å²) in [5.41, 5.74) is -1.26. The third-order valence-electron chi connectivity index (χ3n) is 4.27. The highest BCUT2D eigenvalue weighted by Gasteiger charge is 2.41. The summed E-state index contributed by atoms with van der Waals surface area (Å²) in [6.45, 7) is -1.13. The van der Waals surface area contributed by atoms with Crippen LogP contribution in [-0.2, 0) is 20.0 Å². The van der Waals surface area contributed by atoms with Crippen LogP contribution in [0.5, 0.6) is 0 Å². The molecule has 0 radical (unpaired) electrons. The Bertz CT molecular complexity index is 1100. The van der Waals surface area contributed by atoms with Gasteiger partial charge in [-0.05, 0) is 12.1 Å². The van der Waals surface area contributed by atoms with Gasteiger partial charge in [-0.3, -0.25) is 20.2 Å². The van der Waals surface area contributed by atoms with Crippen molar-refractivity contribution in [3.05, 3.63) is 68.8 Å². The van der Waals surface area contributed by atoms with Crippen molar-refractivity contribution < 1.29 is 26.7 Å². The van der Waals surface area contributed by atoms with Gasteiger partial charge in [0.15, 0.2) is 9.79 Å². The Hall–Kier alpha value is -2.94. The molecule has 1 saturated heterocycles. The van der Waals surface area contributed by atoms with Gasteiger partial charge in [-0.15, -0.1) is 0 Å². The van der Waals surface area contributed by atoms with E-state index in [9.17, 15) is 37.1 Å². The molecule has 14 heteroatoms. The standard InChI is InChI=1S/C15H14N4O8S2/c20-18(21)12-5-1-3-7-14(12)28(24,25)16-9-10-17(11-16)29(26,27)15-8-4-2-6-13(15)19(22)23/h1-8H,9-11H2. The first-order chi connectivity index (χ1) is 13.6. The molecular formula is C15H14N4O8S2. The summed E-state index contributed by atoms with van der Waals surface area (Å²) in [5, 5.41) is 22.3. The van der Waals surface area contributed by atoms with Gasteiger partial charge in [-0.2, -0.15) is 8.61 Å². The average Bonchev–Trinajstić information content (AvgIpc) is 3.20. The molecule has 0 spiro atoms. The van der Waals surface area contributed by atoms with E-state index in [1.165, 1.54) is 24.3 Å². The van der Waals surface area contributed by atoms with E-state index < -0.39 is 57.7 Å². The van der Waals surface area contributed by atoms with Gasteiger partial charge in [0.1, 0.15) is 0 Å². The fourth-order valence-electron chi connectivity index (χ4n) is 2.86. The van der Waals surface area contributed by atoms with E-state index in [0.717, 1.165) is 32.9 Å². The van der Waals surface area contributed by atoms with Gasteiger partial charge in [-0.1, -0.05) is 24.3 Å². The minimum absolute atomic E-state index is 0.256. The highest BCUT2D eigenvalue weighted by molar-refractivity contribution is 7.90. The first-order valence-corrected chi connectivity index (χ1v) is 10.9. The Morgan fingerprint density at radius 1 is 0.690 bits per heavy atom. The van der Waals surface area contributed by atoms with Crippen LogP contribution in [0.1, 0.15) is 0 Å². The van der Waals surface area contributed by atoms with E-state index in [-0.39, 0.29) is 13.1 Å². The quantitative estimate of drug-likeness (QED) is 0.475. The summed E-state index contributed by atoms with van der Waals surface area (Å²) in [4.78, 5) is 19.5. The lowest BCUT2D eigenvalue weighted by atomic mass is 10.3. The second-order valence-corrected chi connectivity index (χ2v) is 9.76. The lowest BCUT2D eigenvalue weighted by Gasteiger charge is -2.18. The van der Waals surface area contributed by atoms with Gasteiger partial charge in [-0.25, -0.2) is 16.8 Å². The van der Waals surface area contributed by atoms with Crippen molar-refractivity contribution in [2.45, 2.75) is 9.79 Å². The van der Waals surface area contributed by atoms with Crippen molar-refractivity contribution in [2.75, 3.05) is 19.8 Å². The van der Waals surface area contributed by atoms with Crippen LogP contribution in [0.25, 0.3) is 0 Å². The van der Waals surface area contributed by atoms with E-state index in [1.807, 2.05) is 0 Å². The molecule has 1 fully saturated rings. The normalized spacial score (nSPS) is 16.0. The van der Waals surface area contributed by atoms with Gasteiger partial charge >= 0.3 is 0 Å². The van der Waals surface area contributed by atoms with Crippen LogP contribution in [0.4, 0.5) is 11.4 Å². The van der Waals surface area contributed by atoms with Gasteiger partial charge in [0.2, 0.25) is 0 Å². The lowest BCUT2D eigenvalue weighted by molar-refractivity contribution is -0.388. The molecule has 0 aliphatic carbocycles. The van der Waals surface area contributed by atoms with E-state index in [2.05, 4.69) is 0 Å². The molecular weight excluding hydrogens is 428 g/mol. The van der Waals surface area contributed by atoms with Gasteiger partial charge < -0.3 is 0 Å². The van der Waals surface area contributed by atoms with Gasteiger partial charge in [0.25, 0.3) is 31.4 Å². The van der Waals surface area contributed by atoms with Crippen LogP contribution < -0.4 is 0 Å². The molecule has 29 heavy (non-hydrogen) atoms. The monoisotopic (exact) mass is 442 g/mol. The van der Waals surface area contributed by atoms with Crippen molar-refractivity contribution >= 4 is 31.4 Å². The smallest absolute Gasteiger partial charge is 0.258 e. The molecule has 1 heterocycles. The van der Waals surface area contributed by atoms with Crippen LogP contribution >= 0.6 is 0 Å². The number of hydrogen-bond acceptors (Lipinski definition) is 8. The van der Waals surface area contributed by atoms with Crippen LogP contribution in [0, 0.1) is 20.2 Å². The van der Waals surface area contributed by atoms with Crippen LogP contribution in [0.3, 0.4) is 0 Å². The third-order valence-corrected chi connectivity index (χ3v) is 8.03. The summed E-state index contributed by atoms with van der Waals surface area (Å²) in [5.74, 6) is 0. The molecule has 0 amide bonds. The summed E-state index contributed by atoms with van der Waals surface area (Å²) in [6.07, 6.45) is 0. The number of hydrogen-bond donors (Lipinski definition) is 0. The van der Waals surface area contributed by atoms with Crippen LogP contribution in [0.15, 0.2) is 58.3 Å². The van der Waals surface area contributed by atoms with Crippen molar-refractivity contribution in [1.82, 2.24) is 8.61 Å². The lowest BCUT2D eigenvalue weighted by Crippen LogP contribution is -2.34. The molecule has 0 saturated carbocycles. The van der Waals surface area contributed by atoms with Crippen molar-refractivity contribution in [3.8, 4) is 0 Å². The zero-order valence-electron chi connectivity index (χ0n) is 14.6. The fourth-order valence-corrected chi connectivity index (χ4v) is 6.03. The second kappa shape index (κ2) is 7.47. The highest BCUT2D eigenvalue weighted by Crippen LogP contribution is 2.31. The molecule has 0 atom stereocenters. The minimum atomic E-state index is -4.36. The number of nitro groups is 2. The molecule has 1 aliphatic rings. The third kappa shape index (κ3) is 3.69. The predicted molar refractivity (Wildman–Crippen MR) is 98.8 cm³/mol. The maximum Gasteiger partial charge on any atom is 0.289 e. The summed E-state index contributed by atoms with van der Waals surface area (Å²) >= 11 is 0. The number of nitrogens with zero attached hydrogens (tertiary/aromatic N) is 4. The summed E-state index contributed by atoms with van der Waals surface area (Å²) in [6, 6.07) is 9.45. The number of rotatable bonds is 6. The Morgan fingerprint density at radius 3 is 1.38 bits per heavy atom. The molecule has 2 aromatic carbocycles. The molecule has 2 aromatic rings. The first kappa shape index (κ1) is 20.8. The molecule has 12 nitrogen and oxygen atoms in total. The molecule has 0 N–H and O–H groups in total. The molecule has 0 unspecified atom stereocenters. The zero-order chi connectivity index (χ0) is 21.4. The van der Waals surface area contributed by atoms with E-state index in [1.54, 1.807) is 0 Å². The predicted octanol–water partition coefficient (Wildman–Crippen LogP) is 1.16. The second-order valence-electron chi connectivity index (χ2n) is 5.95. The van der Waals surface area contributed by atoms with E-state index in [0.29, 0.717) is 0 Å². The maximum atomic E-state index is 12.8. The minimum Gasteiger partial charge on any atom is -0.258 e. The fraction of sp³-hybridized carbons (Fsp3) is 0.200. The maximum absolute atomic E-state index is 12.8. The Morgan fingerprint density at radius 2 is 1.03 bits per heavy atom. The summed E-state index contributed by atoms with van der Waals surface area (Å²) in [7, 11) is -8.73. The molecule has 154 valence electrons. The average molecular weight is 442 g/mol. The van der Waals surface area contributed by atoms with Crippen molar-refractivity contribution in [2.24, 2.45) is 0 Å². The zero-order valence-corrected chi connectivity index (χ0v) is 16.2. The molecule has 0 aromatic heterocycles. The van der Waals surface area contributed by atoms with Gasteiger partial charge in [0.05, 0.1) is 16.5 Å². The molecule has 3 rings (SSSR count). The highest BCUT2D eigenvalue weighted by atomic mass is 32.2. The van der Waals surface area contributed by atoms with Crippen molar-refractivity contribution in [3.63, 3.8) is 0 Å². The number of nitro benzene ring substituents is 2. The number of sulfonamides is 2. The van der Waals surface area contributed by atoms with Crippen LogP contribution in [0.2, 0.25) is 0 Å². The molecule has 0 bridgehead atoms. The molecule has 1 aliphatic heterocycles. The number of para-hydroxylation sites is 2. The van der Waals surface area contributed by atoms with Gasteiger partial charge in [0, 0.05) is 25.2 Å². The summed E-state index contributed by atoms with van der Waals surface area (Å²) < 4.78 is 52.9. The topological polar surface area (TPSA) is 161 Å². The SMILES string of the molecule is O=[N+]([O-])c1ccccc1S(=O)(=O)N1CCN(S(=O)(=O)c2ccccc2[N+](=O)[O-])C1. The van der Waals surface area contributed by atoms with Crippen LogP contribution in [-0.4, -0.2) is 55.1 Å². The Labute approximate surface area is 165 Å². The largest absolute Gasteiger partial charge is 0.289 e. The first-order valence-electron chi connectivity index (χ1n) is 8.04. The van der Waals surface area contributed by atoms with E-state index >= 15 is 0 Å². The van der Waals surface area contributed by atoms with Crippen molar-refractivity contribution in [1.29, 1.82) is 0 Å². The Kier molecular flexibility index (Phi) is 5.36. The Balaban J connectivity index is 1.95. The van der Waals surface area contributed by atoms with E-state index in [4.69, 9.17) is 0 Å². The number of benzene rings is 2.